The molecule has 0 bridgehead atoms. The lowest BCUT2D eigenvalue weighted by Gasteiger charge is -2.18. The monoisotopic (exact) mass is 288 g/mol. The fraction of sp³-hybridized carbons (Fsp3) is 0.533. The van der Waals surface area contributed by atoms with Gasteiger partial charge in [0, 0.05) is 17.2 Å². The molecule has 21 heavy (non-hydrogen) atoms. The Morgan fingerprint density at radius 2 is 1.86 bits per heavy atom. The number of aryl methyl sites for hydroxylation is 2. The lowest BCUT2D eigenvalue weighted by molar-refractivity contribution is 0.542. The van der Waals surface area contributed by atoms with Gasteiger partial charge >= 0.3 is 0 Å². The molecule has 3 N–H and O–H groups in total. The summed E-state index contributed by atoms with van der Waals surface area (Å²) in [5.41, 5.74) is 4.65. The van der Waals surface area contributed by atoms with Gasteiger partial charge in [-0.3, -0.25) is 0 Å². The Labute approximate surface area is 125 Å². The lowest BCUT2D eigenvalue weighted by Crippen LogP contribution is -2.20. The van der Waals surface area contributed by atoms with E-state index >= 15 is 0 Å². The third-order valence-electron chi connectivity index (χ3n) is 3.31. The Hall–Kier alpha value is -1.95. The van der Waals surface area contributed by atoms with Crippen LogP contribution in [-0.2, 0) is 18.3 Å². The standard InChI is InChI=1S/C15H24N6/c1-6-10-8-11(7-2)21(20-10)13-9-12(19-16)17-14(18-13)15(3,4)5/h8-9H,6-7,16H2,1-5H3,(H,17,18,19). The number of aromatic nitrogens is 4. The summed E-state index contributed by atoms with van der Waals surface area (Å²) in [4.78, 5) is 9.12. The summed E-state index contributed by atoms with van der Waals surface area (Å²) < 4.78 is 1.89. The number of hydrogen-bond acceptors (Lipinski definition) is 5. The minimum atomic E-state index is -0.158. The molecule has 0 aliphatic rings. The third-order valence-corrected chi connectivity index (χ3v) is 3.31. The predicted octanol–water partition coefficient (Wildman–Crippen LogP) is 2.37. The first-order valence-corrected chi connectivity index (χ1v) is 7.33. The van der Waals surface area contributed by atoms with Crippen molar-refractivity contribution < 1.29 is 0 Å². The highest BCUT2D eigenvalue weighted by Crippen LogP contribution is 2.22. The van der Waals surface area contributed by atoms with E-state index in [-0.39, 0.29) is 5.41 Å². The minimum absolute atomic E-state index is 0.158. The van der Waals surface area contributed by atoms with E-state index in [9.17, 15) is 0 Å². The number of anilines is 1. The van der Waals surface area contributed by atoms with E-state index < -0.39 is 0 Å². The zero-order valence-electron chi connectivity index (χ0n) is 13.4. The van der Waals surface area contributed by atoms with Gasteiger partial charge in [0.05, 0.1) is 5.69 Å². The van der Waals surface area contributed by atoms with Crippen molar-refractivity contribution >= 4 is 5.82 Å². The quantitative estimate of drug-likeness (QED) is 0.667. The molecule has 6 heteroatoms. The van der Waals surface area contributed by atoms with E-state index in [2.05, 4.69) is 61.2 Å². The summed E-state index contributed by atoms with van der Waals surface area (Å²) in [5.74, 6) is 7.63. The summed E-state index contributed by atoms with van der Waals surface area (Å²) in [6, 6.07) is 3.94. The largest absolute Gasteiger partial charge is 0.308 e. The molecule has 0 aromatic carbocycles. The fourth-order valence-electron chi connectivity index (χ4n) is 2.05. The van der Waals surface area contributed by atoms with Gasteiger partial charge in [0.15, 0.2) is 5.82 Å². The van der Waals surface area contributed by atoms with Crippen molar-refractivity contribution in [1.82, 2.24) is 19.7 Å². The number of rotatable bonds is 4. The zero-order chi connectivity index (χ0) is 15.6. The van der Waals surface area contributed by atoms with Crippen LogP contribution in [0, 0.1) is 0 Å². The topological polar surface area (TPSA) is 81.7 Å². The molecule has 0 unspecified atom stereocenters. The van der Waals surface area contributed by atoms with Gasteiger partial charge in [-0.05, 0) is 18.9 Å². The van der Waals surface area contributed by atoms with Crippen LogP contribution in [0.1, 0.15) is 51.8 Å². The number of nitrogens with zero attached hydrogens (tertiary/aromatic N) is 4. The smallest absolute Gasteiger partial charge is 0.159 e. The van der Waals surface area contributed by atoms with Crippen LogP contribution in [0.2, 0.25) is 0 Å². The van der Waals surface area contributed by atoms with Crippen LogP contribution in [0.4, 0.5) is 5.82 Å². The van der Waals surface area contributed by atoms with Crippen LogP contribution >= 0.6 is 0 Å². The average Bonchev–Trinajstić information content (AvgIpc) is 2.89. The third kappa shape index (κ3) is 3.21. The maximum atomic E-state index is 5.54. The molecule has 0 saturated heterocycles. The summed E-state index contributed by atoms with van der Waals surface area (Å²) in [7, 11) is 0. The normalized spacial score (nSPS) is 11.7. The molecule has 0 atom stereocenters. The number of hydrazine groups is 1. The molecule has 2 heterocycles. The Bertz CT molecular complexity index is 624. The Kier molecular flexibility index (Phi) is 4.27. The molecule has 0 aliphatic carbocycles. The molecular weight excluding hydrogens is 264 g/mol. The second-order valence-corrected chi connectivity index (χ2v) is 6.08. The summed E-state index contributed by atoms with van der Waals surface area (Å²) >= 11 is 0. The van der Waals surface area contributed by atoms with E-state index in [1.54, 1.807) is 0 Å². The Morgan fingerprint density at radius 3 is 2.38 bits per heavy atom. The van der Waals surface area contributed by atoms with Gasteiger partial charge in [0.2, 0.25) is 0 Å². The molecule has 0 fully saturated rings. The van der Waals surface area contributed by atoms with E-state index in [1.165, 1.54) is 0 Å². The van der Waals surface area contributed by atoms with Crippen molar-refractivity contribution in [3.8, 4) is 5.82 Å². The second kappa shape index (κ2) is 5.81. The first kappa shape index (κ1) is 15.4. The average molecular weight is 288 g/mol. The molecule has 114 valence electrons. The van der Waals surface area contributed by atoms with Gasteiger partial charge in [-0.15, -0.1) is 0 Å². The molecule has 2 aromatic heterocycles. The van der Waals surface area contributed by atoms with E-state index in [0.717, 1.165) is 35.9 Å². The van der Waals surface area contributed by atoms with Crippen molar-refractivity contribution in [3.05, 3.63) is 29.3 Å². The molecule has 0 radical (unpaired) electrons. The van der Waals surface area contributed by atoms with Crippen LogP contribution in [0.15, 0.2) is 12.1 Å². The molecule has 0 aliphatic heterocycles. The van der Waals surface area contributed by atoms with Gasteiger partial charge in [-0.25, -0.2) is 20.5 Å². The van der Waals surface area contributed by atoms with Crippen LogP contribution in [0.5, 0.6) is 0 Å². The van der Waals surface area contributed by atoms with Gasteiger partial charge < -0.3 is 5.43 Å². The highest BCUT2D eigenvalue weighted by atomic mass is 15.3. The van der Waals surface area contributed by atoms with Crippen molar-refractivity contribution in [2.75, 3.05) is 5.43 Å². The fourth-order valence-corrected chi connectivity index (χ4v) is 2.05. The second-order valence-electron chi connectivity index (χ2n) is 6.08. The zero-order valence-corrected chi connectivity index (χ0v) is 13.4. The molecule has 6 nitrogen and oxygen atoms in total. The number of nitrogens with one attached hydrogen (secondary N) is 1. The summed E-state index contributed by atoms with van der Waals surface area (Å²) in [5, 5.41) is 4.63. The summed E-state index contributed by atoms with van der Waals surface area (Å²) in [6.07, 6.45) is 1.80. The molecule has 2 rings (SSSR count). The van der Waals surface area contributed by atoms with Crippen molar-refractivity contribution in [1.29, 1.82) is 0 Å². The molecular formula is C15H24N6. The van der Waals surface area contributed by atoms with Gasteiger partial charge in [0.25, 0.3) is 0 Å². The van der Waals surface area contributed by atoms with Crippen molar-refractivity contribution in [2.24, 2.45) is 5.84 Å². The predicted molar refractivity (Wildman–Crippen MR) is 84.4 cm³/mol. The number of nitrogens with two attached hydrogens (primary N) is 1. The van der Waals surface area contributed by atoms with Gasteiger partial charge in [0.1, 0.15) is 11.6 Å². The SMILES string of the molecule is CCc1cc(CC)n(-c2cc(NN)nc(C(C)(C)C)n2)n1. The first-order chi connectivity index (χ1) is 9.88. The Morgan fingerprint density at radius 1 is 1.14 bits per heavy atom. The van der Waals surface area contributed by atoms with E-state index in [4.69, 9.17) is 5.84 Å². The van der Waals surface area contributed by atoms with Crippen molar-refractivity contribution in [2.45, 2.75) is 52.9 Å². The van der Waals surface area contributed by atoms with Gasteiger partial charge in [-0.2, -0.15) is 5.10 Å². The minimum Gasteiger partial charge on any atom is -0.308 e. The first-order valence-electron chi connectivity index (χ1n) is 7.33. The highest BCUT2D eigenvalue weighted by Gasteiger charge is 2.20. The van der Waals surface area contributed by atoms with Crippen LogP contribution in [-0.4, -0.2) is 19.7 Å². The van der Waals surface area contributed by atoms with Crippen LogP contribution in [0.25, 0.3) is 5.82 Å². The molecule has 2 aromatic rings. The van der Waals surface area contributed by atoms with Crippen LogP contribution in [0.3, 0.4) is 0 Å². The molecule has 0 saturated carbocycles. The molecule has 0 amide bonds. The van der Waals surface area contributed by atoms with E-state index in [1.807, 2.05) is 10.7 Å². The van der Waals surface area contributed by atoms with Crippen molar-refractivity contribution in [3.63, 3.8) is 0 Å². The maximum absolute atomic E-state index is 5.54. The summed E-state index contributed by atoms with van der Waals surface area (Å²) in [6.45, 7) is 10.4. The lowest BCUT2D eigenvalue weighted by atomic mass is 9.96. The number of nitrogen functional groups attached to an aromatic ring is 1. The van der Waals surface area contributed by atoms with Gasteiger partial charge in [-0.1, -0.05) is 34.6 Å². The number of hydrogen-bond donors (Lipinski definition) is 2. The van der Waals surface area contributed by atoms with Crippen LogP contribution < -0.4 is 11.3 Å². The Balaban J connectivity index is 2.60. The maximum Gasteiger partial charge on any atom is 0.159 e. The van der Waals surface area contributed by atoms with E-state index in [0.29, 0.717) is 5.82 Å². The highest BCUT2D eigenvalue weighted by molar-refractivity contribution is 5.42. The molecule has 0 spiro atoms.